The number of benzene rings is 2. The fourth-order valence-corrected chi connectivity index (χ4v) is 5.75. The molecule has 2 unspecified atom stereocenters. The van der Waals surface area contributed by atoms with Gasteiger partial charge in [0.1, 0.15) is 18.1 Å². The molecule has 0 spiro atoms. The van der Waals surface area contributed by atoms with Crippen molar-refractivity contribution in [2.24, 2.45) is 17.3 Å². The summed E-state index contributed by atoms with van der Waals surface area (Å²) in [6, 6.07) is 14.5. The molecule has 1 N–H and O–H groups in total. The van der Waals surface area contributed by atoms with Gasteiger partial charge in [-0.05, 0) is 54.0 Å². The average molecular weight is 434 g/mol. The van der Waals surface area contributed by atoms with Crippen LogP contribution in [0.5, 0.6) is 11.5 Å². The molecule has 2 fully saturated rings. The second kappa shape index (κ2) is 7.96. The van der Waals surface area contributed by atoms with E-state index in [1.807, 2.05) is 18.2 Å². The minimum absolute atomic E-state index is 0.243. The Morgan fingerprint density at radius 1 is 1.12 bits per heavy atom. The van der Waals surface area contributed by atoms with Gasteiger partial charge in [0, 0.05) is 30.8 Å². The Bertz CT molecular complexity index is 1070. The number of carboxylic acid groups (broad SMARTS) is 1. The lowest BCUT2D eigenvalue weighted by atomic mass is 9.86. The minimum Gasteiger partial charge on any atom is -0.497 e. The molecule has 5 nitrogen and oxygen atoms in total. The summed E-state index contributed by atoms with van der Waals surface area (Å²) in [4.78, 5) is 14.3. The summed E-state index contributed by atoms with van der Waals surface area (Å²) in [5.41, 5.74) is 5.62. The van der Waals surface area contributed by atoms with Crippen molar-refractivity contribution >= 4 is 11.5 Å². The van der Waals surface area contributed by atoms with E-state index in [0.717, 1.165) is 48.6 Å². The van der Waals surface area contributed by atoms with Crippen LogP contribution in [0.4, 0.5) is 0 Å². The SMILES string of the molecule is COc1ccc2c(c1)COc1ccccc1C2=C1CCN(CC2(C(=O)O)C(C)C2C)CC1. The van der Waals surface area contributed by atoms with Crippen LogP contribution in [0.3, 0.4) is 0 Å². The first kappa shape index (κ1) is 21.1. The molecule has 1 aliphatic carbocycles. The Balaban J connectivity index is 1.47. The van der Waals surface area contributed by atoms with Crippen LogP contribution in [0.25, 0.3) is 5.57 Å². The van der Waals surface area contributed by atoms with Crippen LogP contribution in [-0.4, -0.2) is 42.7 Å². The van der Waals surface area contributed by atoms with Crippen LogP contribution in [0, 0.1) is 17.3 Å². The molecule has 3 aliphatic rings. The quantitative estimate of drug-likeness (QED) is 0.748. The van der Waals surface area contributed by atoms with Crippen molar-refractivity contribution in [1.82, 2.24) is 4.90 Å². The Morgan fingerprint density at radius 2 is 1.84 bits per heavy atom. The molecule has 0 bridgehead atoms. The van der Waals surface area contributed by atoms with Gasteiger partial charge in [-0.2, -0.15) is 0 Å². The smallest absolute Gasteiger partial charge is 0.311 e. The van der Waals surface area contributed by atoms with Crippen molar-refractivity contribution < 1.29 is 19.4 Å². The first-order chi connectivity index (χ1) is 15.5. The fraction of sp³-hybridized carbons (Fsp3) is 0.444. The number of fused-ring (bicyclic) bond motifs is 2. The second-order valence-corrected chi connectivity index (χ2v) is 9.49. The number of aliphatic carboxylic acids is 1. The molecule has 2 aromatic carbocycles. The summed E-state index contributed by atoms with van der Waals surface area (Å²) in [6.07, 6.45) is 1.88. The number of methoxy groups -OCH3 is 1. The zero-order chi connectivity index (χ0) is 22.5. The van der Waals surface area contributed by atoms with Gasteiger partial charge in [-0.3, -0.25) is 4.79 Å². The molecule has 2 atom stereocenters. The fourth-order valence-electron chi connectivity index (χ4n) is 5.75. The summed E-state index contributed by atoms with van der Waals surface area (Å²) in [6.45, 7) is 7.10. The normalized spacial score (nSPS) is 27.1. The molecule has 2 heterocycles. The Labute approximate surface area is 189 Å². The van der Waals surface area contributed by atoms with Crippen LogP contribution >= 0.6 is 0 Å². The molecule has 5 heteroatoms. The topological polar surface area (TPSA) is 59.0 Å². The van der Waals surface area contributed by atoms with Crippen molar-refractivity contribution in [2.75, 3.05) is 26.7 Å². The summed E-state index contributed by atoms with van der Waals surface area (Å²) in [7, 11) is 1.69. The zero-order valence-corrected chi connectivity index (χ0v) is 19.1. The van der Waals surface area contributed by atoms with Crippen LogP contribution < -0.4 is 9.47 Å². The minimum atomic E-state index is -0.639. The monoisotopic (exact) mass is 433 g/mol. The molecule has 1 saturated heterocycles. The number of rotatable bonds is 4. The lowest BCUT2D eigenvalue weighted by molar-refractivity contribution is -0.145. The molecule has 0 amide bonds. The van der Waals surface area contributed by atoms with Crippen molar-refractivity contribution in [3.05, 3.63) is 64.7 Å². The highest BCUT2D eigenvalue weighted by atomic mass is 16.5. The van der Waals surface area contributed by atoms with E-state index in [0.29, 0.717) is 13.2 Å². The number of para-hydroxylation sites is 1. The highest BCUT2D eigenvalue weighted by molar-refractivity contribution is 5.87. The van der Waals surface area contributed by atoms with Crippen LogP contribution in [-0.2, 0) is 11.4 Å². The zero-order valence-electron chi connectivity index (χ0n) is 19.1. The van der Waals surface area contributed by atoms with Gasteiger partial charge in [0.15, 0.2) is 0 Å². The molecular weight excluding hydrogens is 402 g/mol. The lowest BCUT2D eigenvalue weighted by Gasteiger charge is -2.32. The second-order valence-electron chi connectivity index (χ2n) is 9.49. The third-order valence-electron chi connectivity index (χ3n) is 8.08. The Morgan fingerprint density at radius 3 is 2.50 bits per heavy atom. The largest absolute Gasteiger partial charge is 0.497 e. The number of ether oxygens (including phenoxy) is 2. The molecule has 0 aromatic heterocycles. The van der Waals surface area contributed by atoms with E-state index < -0.39 is 11.4 Å². The van der Waals surface area contributed by atoms with Gasteiger partial charge in [0.25, 0.3) is 0 Å². The van der Waals surface area contributed by atoms with E-state index in [-0.39, 0.29) is 11.8 Å². The van der Waals surface area contributed by atoms with E-state index in [4.69, 9.17) is 9.47 Å². The van der Waals surface area contributed by atoms with E-state index in [2.05, 4.69) is 43.0 Å². The van der Waals surface area contributed by atoms with Crippen LogP contribution in [0.2, 0.25) is 0 Å². The summed E-state index contributed by atoms with van der Waals surface area (Å²) < 4.78 is 11.6. The maximum absolute atomic E-state index is 12.0. The van der Waals surface area contributed by atoms with Crippen molar-refractivity contribution in [3.8, 4) is 11.5 Å². The number of piperidine rings is 1. The standard InChI is InChI=1S/C27H31NO4/c1-17-18(2)27(17,26(29)30)16-28-12-10-19(11-13-28)25-22-9-8-21(31-3)14-20(22)15-32-24-7-5-4-6-23(24)25/h4-9,14,17-18H,10-13,15-16H2,1-3H3,(H,29,30). The van der Waals surface area contributed by atoms with E-state index in [1.54, 1.807) is 7.11 Å². The van der Waals surface area contributed by atoms with Gasteiger partial charge in [-0.15, -0.1) is 0 Å². The number of hydrogen-bond acceptors (Lipinski definition) is 4. The molecular formula is C27H31NO4. The highest BCUT2D eigenvalue weighted by Gasteiger charge is 2.65. The molecule has 2 aliphatic heterocycles. The highest BCUT2D eigenvalue weighted by Crippen LogP contribution is 2.59. The van der Waals surface area contributed by atoms with Crippen molar-refractivity contribution in [2.45, 2.75) is 33.3 Å². The lowest BCUT2D eigenvalue weighted by Crippen LogP contribution is -2.40. The van der Waals surface area contributed by atoms with Gasteiger partial charge in [-0.1, -0.05) is 43.7 Å². The van der Waals surface area contributed by atoms with Gasteiger partial charge < -0.3 is 19.5 Å². The van der Waals surface area contributed by atoms with Gasteiger partial charge in [0.05, 0.1) is 12.5 Å². The molecule has 1 saturated carbocycles. The third-order valence-corrected chi connectivity index (χ3v) is 8.08. The molecule has 2 aromatic rings. The summed E-state index contributed by atoms with van der Waals surface area (Å²) in [5.74, 6) is 1.60. The molecule has 5 rings (SSSR count). The average Bonchev–Trinajstić information content (AvgIpc) is 3.39. The van der Waals surface area contributed by atoms with Crippen molar-refractivity contribution in [1.29, 1.82) is 0 Å². The van der Waals surface area contributed by atoms with Gasteiger partial charge >= 0.3 is 5.97 Å². The summed E-state index contributed by atoms with van der Waals surface area (Å²) in [5, 5.41) is 9.86. The van der Waals surface area contributed by atoms with E-state index in [1.165, 1.54) is 16.7 Å². The maximum Gasteiger partial charge on any atom is 0.311 e. The Kier molecular flexibility index (Phi) is 5.25. The predicted octanol–water partition coefficient (Wildman–Crippen LogP) is 4.84. The van der Waals surface area contributed by atoms with Gasteiger partial charge in [0.2, 0.25) is 0 Å². The number of hydrogen-bond donors (Lipinski definition) is 1. The van der Waals surface area contributed by atoms with Crippen molar-refractivity contribution in [3.63, 3.8) is 0 Å². The number of likely N-dealkylation sites (tertiary alicyclic amines) is 1. The Hall–Kier alpha value is -2.79. The molecule has 0 radical (unpaired) electrons. The molecule has 32 heavy (non-hydrogen) atoms. The van der Waals surface area contributed by atoms with Crippen LogP contribution in [0.1, 0.15) is 43.4 Å². The number of carboxylic acids is 1. The van der Waals surface area contributed by atoms with Gasteiger partial charge in [-0.25, -0.2) is 0 Å². The first-order valence-corrected chi connectivity index (χ1v) is 11.5. The summed E-state index contributed by atoms with van der Waals surface area (Å²) >= 11 is 0. The first-order valence-electron chi connectivity index (χ1n) is 11.5. The number of nitrogens with zero attached hydrogens (tertiary/aromatic N) is 1. The predicted molar refractivity (Wildman–Crippen MR) is 124 cm³/mol. The maximum atomic E-state index is 12.0. The molecule has 168 valence electrons. The van der Waals surface area contributed by atoms with E-state index in [9.17, 15) is 9.90 Å². The number of carbonyl (C=O) groups is 1. The van der Waals surface area contributed by atoms with E-state index >= 15 is 0 Å². The third kappa shape index (κ3) is 3.30. The van der Waals surface area contributed by atoms with Crippen LogP contribution in [0.15, 0.2) is 48.0 Å².